The first-order chi connectivity index (χ1) is 14.5. The monoisotopic (exact) mass is 418 g/mol. The summed E-state index contributed by atoms with van der Waals surface area (Å²) in [5, 5.41) is 17.4. The van der Waals surface area contributed by atoms with E-state index in [0.29, 0.717) is 13.1 Å². The second-order valence-electron chi connectivity index (χ2n) is 8.22. The smallest absolute Gasteiger partial charge is 0.191 e. The molecule has 1 saturated heterocycles. The molecule has 0 saturated carbocycles. The molecule has 0 aromatic carbocycles. The summed E-state index contributed by atoms with van der Waals surface area (Å²) < 4.78 is 0. The zero-order chi connectivity index (χ0) is 21.8. The van der Waals surface area contributed by atoms with Crippen LogP contribution in [0.4, 0.5) is 5.82 Å². The van der Waals surface area contributed by atoms with E-state index in [1.165, 1.54) is 0 Å². The van der Waals surface area contributed by atoms with E-state index in [1.807, 2.05) is 6.20 Å². The minimum absolute atomic E-state index is 0.515. The van der Waals surface area contributed by atoms with Crippen molar-refractivity contribution in [1.82, 2.24) is 20.5 Å². The highest BCUT2D eigenvalue weighted by atomic mass is 16.3. The molecule has 0 bridgehead atoms. The molecular weight excluding hydrogens is 376 g/mol. The Kier molecular flexibility index (Phi) is 10.4. The molecule has 1 aromatic heterocycles. The van der Waals surface area contributed by atoms with Gasteiger partial charge in [0, 0.05) is 45.5 Å². The van der Waals surface area contributed by atoms with Gasteiger partial charge in [0.05, 0.1) is 12.1 Å². The topological polar surface area (TPSA) is 76.0 Å². The van der Waals surface area contributed by atoms with Crippen molar-refractivity contribution in [2.75, 3.05) is 50.7 Å². The van der Waals surface area contributed by atoms with Crippen molar-refractivity contribution in [1.29, 1.82) is 0 Å². The van der Waals surface area contributed by atoms with Gasteiger partial charge >= 0.3 is 0 Å². The molecule has 1 aliphatic rings. The van der Waals surface area contributed by atoms with E-state index < -0.39 is 5.60 Å². The minimum Gasteiger partial charge on any atom is -0.388 e. The molecule has 0 radical (unpaired) electrons. The number of pyridine rings is 1. The van der Waals surface area contributed by atoms with E-state index in [-0.39, 0.29) is 0 Å². The Bertz CT molecular complexity index is 619. The molecular formula is C23H42N6O. The molecule has 0 amide bonds. The Labute approximate surface area is 183 Å². The summed E-state index contributed by atoms with van der Waals surface area (Å²) in [7, 11) is 0. The quantitative estimate of drug-likeness (QED) is 0.379. The number of nitrogens with zero attached hydrogens (tertiary/aromatic N) is 4. The van der Waals surface area contributed by atoms with Crippen molar-refractivity contribution < 1.29 is 5.11 Å². The maximum Gasteiger partial charge on any atom is 0.191 e. The first-order valence-electron chi connectivity index (χ1n) is 11.7. The number of likely N-dealkylation sites (N-methyl/N-ethyl adjacent to an activating group) is 1. The number of aromatic nitrogens is 1. The number of guanidine groups is 1. The summed E-state index contributed by atoms with van der Waals surface area (Å²) in [5.74, 6) is 1.79. The van der Waals surface area contributed by atoms with E-state index in [2.05, 4.69) is 65.2 Å². The molecule has 2 rings (SSSR count). The normalized spacial score (nSPS) is 16.0. The highest BCUT2D eigenvalue weighted by Crippen LogP contribution is 2.18. The third-order valence-corrected chi connectivity index (χ3v) is 5.73. The maximum atomic E-state index is 10.8. The first-order valence-corrected chi connectivity index (χ1v) is 11.7. The van der Waals surface area contributed by atoms with Crippen LogP contribution in [0, 0.1) is 0 Å². The number of hydrogen-bond donors (Lipinski definition) is 3. The molecule has 1 aromatic rings. The lowest BCUT2D eigenvalue weighted by atomic mass is 9.93. The summed E-state index contributed by atoms with van der Waals surface area (Å²) in [4.78, 5) is 14.2. The van der Waals surface area contributed by atoms with Gasteiger partial charge in [0.1, 0.15) is 5.82 Å². The predicted molar refractivity (Wildman–Crippen MR) is 126 cm³/mol. The average molecular weight is 419 g/mol. The second kappa shape index (κ2) is 12.7. The van der Waals surface area contributed by atoms with Crippen LogP contribution in [-0.2, 0) is 6.54 Å². The number of hydrogen-bond acceptors (Lipinski definition) is 5. The van der Waals surface area contributed by atoms with Crippen LogP contribution in [0.3, 0.4) is 0 Å². The first kappa shape index (κ1) is 24.4. The molecule has 30 heavy (non-hydrogen) atoms. The Morgan fingerprint density at radius 2 is 1.77 bits per heavy atom. The van der Waals surface area contributed by atoms with Crippen LogP contribution in [0.2, 0.25) is 0 Å². The van der Waals surface area contributed by atoms with E-state index >= 15 is 0 Å². The van der Waals surface area contributed by atoms with Crippen LogP contribution < -0.4 is 15.5 Å². The van der Waals surface area contributed by atoms with Crippen molar-refractivity contribution in [3.8, 4) is 0 Å². The third kappa shape index (κ3) is 7.76. The maximum absolute atomic E-state index is 10.8. The van der Waals surface area contributed by atoms with Gasteiger partial charge in [-0.25, -0.2) is 9.98 Å². The number of aliphatic imine (C=N–C) groups is 1. The molecule has 0 spiro atoms. The van der Waals surface area contributed by atoms with E-state index in [9.17, 15) is 5.11 Å². The van der Waals surface area contributed by atoms with Crippen molar-refractivity contribution in [2.45, 2.75) is 65.5 Å². The summed E-state index contributed by atoms with van der Waals surface area (Å²) >= 11 is 0. The predicted octanol–water partition coefficient (Wildman–Crippen LogP) is 2.61. The molecule has 1 fully saturated rings. The minimum atomic E-state index is -0.676. The highest BCUT2D eigenvalue weighted by Gasteiger charge is 2.25. The SMILES string of the molecule is CCCC(O)(CCC)CNC(=NCc1ccc(N2CCN(CC)CC2)nc1)NCC. The Morgan fingerprint density at radius 3 is 2.30 bits per heavy atom. The number of nitrogens with one attached hydrogen (secondary N) is 2. The van der Waals surface area contributed by atoms with Gasteiger partial charge in [-0.05, 0) is 37.9 Å². The molecule has 3 N–H and O–H groups in total. The van der Waals surface area contributed by atoms with Crippen molar-refractivity contribution in [2.24, 2.45) is 4.99 Å². The van der Waals surface area contributed by atoms with Gasteiger partial charge in [0.2, 0.25) is 0 Å². The zero-order valence-corrected chi connectivity index (χ0v) is 19.5. The van der Waals surface area contributed by atoms with Gasteiger partial charge in [-0.3, -0.25) is 0 Å². The van der Waals surface area contributed by atoms with Gasteiger partial charge < -0.3 is 25.5 Å². The number of aliphatic hydroxyl groups is 1. The van der Waals surface area contributed by atoms with E-state index in [4.69, 9.17) is 4.99 Å². The Morgan fingerprint density at radius 1 is 1.07 bits per heavy atom. The Balaban J connectivity index is 1.92. The molecule has 0 aliphatic carbocycles. The summed E-state index contributed by atoms with van der Waals surface area (Å²) in [6, 6.07) is 4.22. The molecule has 1 aliphatic heterocycles. The van der Waals surface area contributed by atoms with Gasteiger partial charge in [-0.2, -0.15) is 0 Å². The zero-order valence-electron chi connectivity index (χ0n) is 19.5. The molecule has 7 nitrogen and oxygen atoms in total. The van der Waals surface area contributed by atoms with Crippen LogP contribution in [-0.4, -0.2) is 72.4 Å². The molecule has 7 heteroatoms. The van der Waals surface area contributed by atoms with Crippen molar-refractivity contribution in [3.05, 3.63) is 23.9 Å². The molecule has 170 valence electrons. The number of rotatable bonds is 11. The fourth-order valence-electron chi connectivity index (χ4n) is 3.98. The number of piperazine rings is 1. The van der Waals surface area contributed by atoms with Crippen LogP contribution in [0.25, 0.3) is 0 Å². The second-order valence-corrected chi connectivity index (χ2v) is 8.22. The van der Waals surface area contributed by atoms with E-state index in [0.717, 1.165) is 82.3 Å². The lowest BCUT2D eigenvalue weighted by molar-refractivity contribution is 0.0257. The van der Waals surface area contributed by atoms with Crippen LogP contribution >= 0.6 is 0 Å². The van der Waals surface area contributed by atoms with Crippen LogP contribution in [0.15, 0.2) is 23.3 Å². The summed E-state index contributed by atoms with van der Waals surface area (Å²) in [6.07, 6.45) is 5.46. The van der Waals surface area contributed by atoms with Gasteiger partial charge in [0.25, 0.3) is 0 Å². The standard InChI is InChI=1S/C23H42N6O/c1-5-11-23(30,12-6-2)19-27-22(24-7-3)26-18-20-9-10-21(25-17-20)29-15-13-28(8-4)14-16-29/h9-10,17,30H,5-8,11-16,18-19H2,1-4H3,(H2,24,26,27). The fraction of sp³-hybridized carbons (Fsp3) is 0.739. The van der Waals surface area contributed by atoms with Gasteiger partial charge in [0.15, 0.2) is 5.96 Å². The van der Waals surface area contributed by atoms with Crippen molar-refractivity contribution in [3.63, 3.8) is 0 Å². The largest absolute Gasteiger partial charge is 0.388 e. The molecule has 0 atom stereocenters. The lowest BCUT2D eigenvalue weighted by Gasteiger charge is -2.34. The number of anilines is 1. The van der Waals surface area contributed by atoms with E-state index in [1.54, 1.807) is 0 Å². The fourth-order valence-corrected chi connectivity index (χ4v) is 3.98. The van der Waals surface area contributed by atoms with Crippen molar-refractivity contribution >= 4 is 11.8 Å². The van der Waals surface area contributed by atoms with Crippen LogP contribution in [0.5, 0.6) is 0 Å². The average Bonchev–Trinajstić information content (AvgIpc) is 2.76. The summed E-state index contributed by atoms with van der Waals surface area (Å²) in [5.41, 5.74) is 0.408. The molecule has 2 heterocycles. The third-order valence-electron chi connectivity index (χ3n) is 5.73. The van der Waals surface area contributed by atoms with Gasteiger partial charge in [-0.1, -0.05) is 39.7 Å². The lowest BCUT2D eigenvalue weighted by Crippen LogP contribution is -2.47. The molecule has 0 unspecified atom stereocenters. The highest BCUT2D eigenvalue weighted by molar-refractivity contribution is 5.79. The van der Waals surface area contributed by atoms with Crippen LogP contribution in [0.1, 0.15) is 58.9 Å². The summed E-state index contributed by atoms with van der Waals surface area (Å²) in [6.45, 7) is 15.7. The van der Waals surface area contributed by atoms with Gasteiger partial charge in [-0.15, -0.1) is 0 Å². The Hall–Kier alpha value is -1.86.